The van der Waals surface area contributed by atoms with Crippen LogP contribution in [0.1, 0.15) is 45.2 Å². The van der Waals surface area contributed by atoms with Crippen molar-refractivity contribution < 1.29 is 0 Å². The van der Waals surface area contributed by atoms with Gasteiger partial charge in [0, 0.05) is 30.4 Å². The van der Waals surface area contributed by atoms with Crippen molar-refractivity contribution in [1.82, 2.24) is 14.7 Å². The predicted molar refractivity (Wildman–Crippen MR) is 87.1 cm³/mol. The molecule has 0 saturated carbocycles. The molecule has 0 spiro atoms. The zero-order valence-electron chi connectivity index (χ0n) is 13.5. The Morgan fingerprint density at radius 3 is 2.62 bits per heavy atom. The Bertz CT molecular complexity index is 621. The Morgan fingerprint density at radius 2 is 1.95 bits per heavy atom. The number of rotatable bonds is 2. The van der Waals surface area contributed by atoms with Crippen LogP contribution in [-0.4, -0.2) is 26.8 Å². The van der Waals surface area contributed by atoms with E-state index in [4.69, 9.17) is 0 Å². The molecular formula is C18H25N3. The maximum atomic E-state index is 4.33. The first kappa shape index (κ1) is 14.3. The molecule has 1 aromatic heterocycles. The van der Waals surface area contributed by atoms with Gasteiger partial charge in [0.25, 0.3) is 0 Å². The van der Waals surface area contributed by atoms with E-state index in [1.54, 1.807) is 0 Å². The van der Waals surface area contributed by atoms with Crippen LogP contribution in [0.5, 0.6) is 0 Å². The number of aromatic nitrogens is 2. The third-order valence-electron chi connectivity index (χ3n) is 4.45. The summed E-state index contributed by atoms with van der Waals surface area (Å²) < 4.78 is 1.88. The maximum absolute atomic E-state index is 4.33. The van der Waals surface area contributed by atoms with Crippen molar-refractivity contribution in [2.75, 3.05) is 6.54 Å². The van der Waals surface area contributed by atoms with Gasteiger partial charge in [-0.05, 0) is 51.3 Å². The number of hydrogen-bond acceptors (Lipinski definition) is 2. The van der Waals surface area contributed by atoms with E-state index in [-0.39, 0.29) is 5.54 Å². The molecule has 0 bridgehead atoms. The van der Waals surface area contributed by atoms with Gasteiger partial charge in [-0.15, -0.1) is 0 Å². The lowest BCUT2D eigenvalue weighted by atomic mass is 9.93. The van der Waals surface area contributed by atoms with Gasteiger partial charge in [0.1, 0.15) is 0 Å². The number of hydrogen-bond donors (Lipinski definition) is 0. The zero-order valence-corrected chi connectivity index (χ0v) is 13.5. The molecule has 2 heterocycles. The van der Waals surface area contributed by atoms with Crippen LogP contribution in [0.2, 0.25) is 0 Å². The number of nitrogens with zero attached hydrogens (tertiary/aromatic N) is 3. The molecule has 3 rings (SSSR count). The van der Waals surface area contributed by atoms with Gasteiger partial charge in [0.15, 0.2) is 0 Å². The van der Waals surface area contributed by atoms with Gasteiger partial charge in [-0.1, -0.05) is 24.3 Å². The highest BCUT2D eigenvalue weighted by atomic mass is 15.2. The largest absolute Gasteiger partial charge is 0.291 e. The summed E-state index contributed by atoms with van der Waals surface area (Å²) in [4.78, 5) is 2.64. The summed E-state index contributed by atoms with van der Waals surface area (Å²) in [5, 5.41) is 4.33. The second-order valence-electron chi connectivity index (χ2n) is 7.01. The average molecular weight is 283 g/mol. The Morgan fingerprint density at radius 1 is 1.19 bits per heavy atom. The molecule has 0 unspecified atom stereocenters. The van der Waals surface area contributed by atoms with E-state index >= 15 is 0 Å². The SMILES string of the molecule is Cn1cc(-c2ccccc2[C@H]2CCCN2C(C)(C)C)cn1. The molecule has 0 aliphatic carbocycles. The lowest BCUT2D eigenvalue weighted by Gasteiger charge is -2.37. The number of likely N-dealkylation sites (tertiary alicyclic amines) is 1. The summed E-state index contributed by atoms with van der Waals surface area (Å²) >= 11 is 0. The monoisotopic (exact) mass is 283 g/mol. The Balaban J connectivity index is 2.03. The Kier molecular flexibility index (Phi) is 3.62. The van der Waals surface area contributed by atoms with Crippen molar-refractivity contribution in [2.24, 2.45) is 7.05 Å². The van der Waals surface area contributed by atoms with Gasteiger partial charge in [0.2, 0.25) is 0 Å². The molecule has 0 N–H and O–H groups in total. The van der Waals surface area contributed by atoms with Crippen LogP contribution in [0.4, 0.5) is 0 Å². The first-order valence-corrected chi connectivity index (χ1v) is 7.81. The van der Waals surface area contributed by atoms with E-state index in [0.29, 0.717) is 6.04 Å². The van der Waals surface area contributed by atoms with Gasteiger partial charge >= 0.3 is 0 Å². The van der Waals surface area contributed by atoms with Crippen molar-refractivity contribution in [3.63, 3.8) is 0 Å². The molecule has 2 aromatic rings. The van der Waals surface area contributed by atoms with E-state index in [1.165, 1.54) is 36.1 Å². The fourth-order valence-corrected chi connectivity index (χ4v) is 3.50. The van der Waals surface area contributed by atoms with E-state index < -0.39 is 0 Å². The Labute approximate surface area is 127 Å². The minimum absolute atomic E-state index is 0.212. The maximum Gasteiger partial charge on any atom is 0.0568 e. The zero-order chi connectivity index (χ0) is 15.0. The van der Waals surface area contributed by atoms with E-state index in [9.17, 15) is 0 Å². The highest BCUT2D eigenvalue weighted by molar-refractivity contribution is 5.66. The molecule has 1 aromatic carbocycles. The Hall–Kier alpha value is -1.61. The number of aryl methyl sites for hydroxylation is 1. The second-order valence-corrected chi connectivity index (χ2v) is 7.01. The van der Waals surface area contributed by atoms with Crippen LogP contribution in [0.25, 0.3) is 11.1 Å². The standard InChI is InChI=1S/C18H25N3/c1-18(2,3)21-11-7-10-17(21)16-9-6-5-8-15(16)14-12-19-20(4)13-14/h5-6,8-9,12-13,17H,7,10-11H2,1-4H3/t17-/m1/s1. The minimum atomic E-state index is 0.212. The van der Waals surface area contributed by atoms with Crippen LogP contribution in [0.15, 0.2) is 36.7 Å². The summed E-state index contributed by atoms with van der Waals surface area (Å²) in [6.45, 7) is 8.14. The van der Waals surface area contributed by atoms with Crippen molar-refractivity contribution >= 4 is 0 Å². The van der Waals surface area contributed by atoms with E-state index in [2.05, 4.69) is 61.2 Å². The highest BCUT2D eigenvalue weighted by Gasteiger charge is 2.34. The van der Waals surface area contributed by atoms with Crippen LogP contribution >= 0.6 is 0 Å². The predicted octanol–water partition coefficient (Wildman–Crippen LogP) is 4.02. The molecule has 3 heteroatoms. The van der Waals surface area contributed by atoms with E-state index in [0.717, 1.165) is 0 Å². The number of benzene rings is 1. The average Bonchev–Trinajstić information content (AvgIpc) is 3.06. The van der Waals surface area contributed by atoms with Crippen molar-refractivity contribution in [2.45, 2.75) is 45.2 Å². The molecule has 1 aliphatic rings. The molecule has 0 amide bonds. The van der Waals surface area contributed by atoms with Crippen LogP contribution < -0.4 is 0 Å². The van der Waals surface area contributed by atoms with Gasteiger partial charge < -0.3 is 0 Å². The smallest absolute Gasteiger partial charge is 0.0568 e. The highest BCUT2D eigenvalue weighted by Crippen LogP contribution is 2.40. The molecule has 1 fully saturated rings. The summed E-state index contributed by atoms with van der Waals surface area (Å²) in [6.07, 6.45) is 6.60. The normalized spacial score (nSPS) is 20.1. The molecule has 21 heavy (non-hydrogen) atoms. The van der Waals surface area contributed by atoms with Gasteiger partial charge in [-0.25, -0.2) is 0 Å². The third-order valence-corrected chi connectivity index (χ3v) is 4.45. The first-order chi connectivity index (χ1) is 9.97. The van der Waals surface area contributed by atoms with Crippen LogP contribution in [0.3, 0.4) is 0 Å². The third kappa shape index (κ3) is 2.75. The fourth-order valence-electron chi connectivity index (χ4n) is 3.50. The molecule has 112 valence electrons. The molecule has 0 radical (unpaired) electrons. The van der Waals surface area contributed by atoms with Crippen molar-refractivity contribution in [3.8, 4) is 11.1 Å². The molecular weight excluding hydrogens is 258 g/mol. The van der Waals surface area contributed by atoms with E-state index in [1.807, 2.05) is 17.9 Å². The lowest BCUT2D eigenvalue weighted by Crippen LogP contribution is -2.40. The first-order valence-electron chi connectivity index (χ1n) is 7.81. The van der Waals surface area contributed by atoms with Crippen LogP contribution in [-0.2, 0) is 7.05 Å². The van der Waals surface area contributed by atoms with Gasteiger partial charge in [0.05, 0.1) is 6.20 Å². The summed E-state index contributed by atoms with van der Waals surface area (Å²) in [6, 6.07) is 9.32. The summed E-state index contributed by atoms with van der Waals surface area (Å²) in [5.74, 6) is 0. The van der Waals surface area contributed by atoms with Gasteiger partial charge in [-0.2, -0.15) is 5.10 Å². The van der Waals surface area contributed by atoms with Crippen molar-refractivity contribution in [3.05, 3.63) is 42.2 Å². The molecule has 1 saturated heterocycles. The second kappa shape index (κ2) is 5.30. The topological polar surface area (TPSA) is 21.1 Å². The minimum Gasteiger partial charge on any atom is -0.291 e. The quantitative estimate of drug-likeness (QED) is 0.830. The molecule has 1 aliphatic heterocycles. The van der Waals surface area contributed by atoms with Crippen LogP contribution in [0, 0.1) is 0 Å². The molecule has 1 atom stereocenters. The molecule has 3 nitrogen and oxygen atoms in total. The summed E-state index contributed by atoms with van der Waals surface area (Å²) in [5.41, 5.74) is 4.20. The van der Waals surface area contributed by atoms with Gasteiger partial charge in [-0.3, -0.25) is 9.58 Å². The lowest BCUT2D eigenvalue weighted by molar-refractivity contribution is 0.122. The fraction of sp³-hybridized carbons (Fsp3) is 0.500. The van der Waals surface area contributed by atoms with Crippen molar-refractivity contribution in [1.29, 1.82) is 0 Å². The summed E-state index contributed by atoms with van der Waals surface area (Å²) in [7, 11) is 1.98.